The Bertz CT molecular complexity index is 1060. The highest BCUT2D eigenvalue weighted by Crippen LogP contribution is 2.36. The molecule has 0 spiro atoms. The first-order valence-electron chi connectivity index (χ1n) is 9.30. The minimum atomic E-state index is -0.415. The van der Waals surface area contributed by atoms with Crippen LogP contribution in [0.15, 0.2) is 36.8 Å². The predicted octanol–water partition coefficient (Wildman–Crippen LogP) is 3.03. The molecule has 9 heteroatoms. The van der Waals surface area contributed by atoms with Crippen molar-refractivity contribution in [1.29, 1.82) is 0 Å². The molecule has 158 valence electrons. The van der Waals surface area contributed by atoms with E-state index < -0.39 is 5.91 Å². The van der Waals surface area contributed by atoms with Crippen LogP contribution in [0.4, 0.5) is 5.69 Å². The highest BCUT2D eigenvalue weighted by molar-refractivity contribution is 7.11. The van der Waals surface area contributed by atoms with Gasteiger partial charge in [-0.2, -0.15) is 0 Å². The average Bonchev–Trinajstić information content (AvgIpc) is 3.35. The number of anilines is 1. The number of aromatic nitrogens is 2. The number of nitrogens with one attached hydrogen (secondary N) is 2. The fourth-order valence-corrected chi connectivity index (χ4v) is 3.82. The number of hydrogen-bond acceptors (Lipinski definition) is 6. The number of carbonyl (C=O) groups excluding carboxylic acids is 2. The molecule has 30 heavy (non-hydrogen) atoms. The third kappa shape index (κ3) is 4.98. The van der Waals surface area contributed by atoms with Gasteiger partial charge in [0.2, 0.25) is 0 Å². The molecule has 0 fully saturated rings. The van der Waals surface area contributed by atoms with Crippen LogP contribution < -0.4 is 20.1 Å². The van der Waals surface area contributed by atoms with Gasteiger partial charge in [0.15, 0.2) is 11.5 Å². The topological polar surface area (TPSA) is 94.5 Å². The second-order valence-electron chi connectivity index (χ2n) is 6.66. The molecule has 0 radical (unpaired) electrons. The molecule has 0 aliphatic rings. The van der Waals surface area contributed by atoms with Gasteiger partial charge in [-0.3, -0.25) is 9.59 Å². The Hall–Kier alpha value is -3.33. The zero-order valence-corrected chi connectivity index (χ0v) is 18.1. The first kappa shape index (κ1) is 21.4. The molecule has 2 heterocycles. The number of aryl methyl sites for hydroxylation is 2. The first-order valence-corrected chi connectivity index (χ1v) is 10.1. The van der Waals surface area contributed by atoms with Crippen molar-refractivity contribution in [1.82, 2.24) is 14.9 Å². The Morgan fingerprint density at radius 3 is 2.57 bits per heavy atom. The normalized spacial score (nSPS) is 10.5. The van der Waals surface area contributed by atoms with Crippen LogP contribution >= 0.6 is 11.3 Å². The number of ether oxygens (including phenoxy) is 2. The molecule has 8 nitrogen and oxygen atoms in total. The molecule has 2 N–H and O–H groups in total. The average molecular weight is 429 g/mol. The first-order chi connectivity index (χ1) is 14.4. The van der Waals surface area contributed by atoms with E-state index in [0.29, 0.717) is 29.3 Å². The summed E-state index contributed by atoms with van der Waals surface area (Å²) in [5.41, 5.74) is 0.928. The Kier molecular flexibility index (Phi) is 6.73. The molecule has 0 saturated carbocycles. The van der Waals surface area contributed by atoms with Crippen molar-refractivity contribution < 1.29 is 19.1 Å². The Labute approximate surface area is 178 Å². The van der Waals surface area contributed by atoms with Gasteiger partial charge in [0.25, 0.3) is 11.8 Å². The molecule has 2 aromatic heterocycles. The van der Waals surface area contributed by atoms with Gasteiger partial charge < -0.3 is 24.7 Å². The van der Waals surface area contributed by atoms with Crippen molar-refractivity contribution in [2.45, 2.75) is 13.3 Å². The number of methoxy groups -OCH3 is 2. The van der Waals surface area contributed by atoms with Crippen molar-refractivity contribution in [2.75, 3.05) is 26.1 Å². The minimum absolute atomic E-state index is 0.250. The summed E-state index contributed by atoms with van der Waals surface area (Å²) in [6.45, 7) is 2.56. The summed E-state index contributed by atoms with van der Waals surface area (Å²) in [7, 11) is 4.72. The van der Waals surface area contributed by atoms with E-state index in [1.807, 2.05) is 0 Å². The lowest BCUT2D eigenvalue weighted by atomic mass is 10.1. The lowest BCUT2D eigenvalue weighted by Crippen LogP contribution is -2.26. The SMILES string of the molecule is COc1cc(C(=O)NCCc2ccc(C)s2)cc(NC(=O)c2cn(C)cn2)c1OC. The van der Waals surface area contributed by atoms with E-state index >= 15 is 0 Å². The number of rotatable bonds is 8. The van der Waals surface area contributed by atoms with Crippen molar-refractivity contribution in [3.63, 3.8) is 0 Å². The molecule has 3 rings (SSSR count). The number of nitrogens with zero attached hydrogens (tertiary/aromatic N) is 2. The summed E-state index contributed by atoms with van der Waals surface area (Å²) in [5, 5.41) is 5.65. The van der Waals surface area contributed by atoms with Gasteiger partial charge >= 0.3 is 0 Å². The number of benzene rings is 1. The molecule has 0 atom stereocenters. The largest absolute Gasteiger partial charge is 0.493 e. The lowest BCUT2D eigenvalue weighted by molar-refractivity contribution is 0.0952. The molecule has 1 aromatic carbocycles. The summed E-state index contributed by atoms with van der Waals surface area (Å²) in [5.74, 6) is -0.0121. The van der Waals surface area contributed by atoms with Crippen molar-refractivity contribution in [3.8, 4) is 11.5 Å². The number of carbonyl (C=O) groups is 2. The molecule has 0 aliphatic carbocycles. The van der Waals surface area contributed by atoms with Crippen molar-refractivity contribution in [2.24, 2.45) is 7.05 Å². The smallest absolute Gasteiger partial charge is 0.275 e. The zero-order chi connectivity index (χ0) is 21.7. The highest BCUT2D eigenvalue weighted by Gasteiger charge is 2.19. The quantitative estimate of drug-likeness (QED) is 0.575. The van der Waals surface area contributed by atoms with Gasteiger partial charge in [-0.25, -0.2) is 4.98 Å². The van der Waals surface area contributed by atoms with Gasteiger partial charge in [-0.1, -0.05) is 0 Å². The maximum atomic E-state index is 12.7. The van der Waals surface area contributed by atoms with Crippen LogP contribution in [0.25, 0.3) is 0 Å². The van der Waals surface area contributed by atoms with E-state index in [4.69, 9.17) is 9.47 Å². The van der Waals surface area contributed by atoms with E-state index in [0.717, 1.165) is 6.42 Å². The molecular formula is C21H24N4O4S. The minimum Gasteiger partial charge on any atom is -0.493 e. The van der Waals surface area contributed by atoms with Crippen LogP contribution in [0, 0.1) is 6.92 Å². The lowest BCUT2D eigenvalue weighted by Gasteiger charge is -2.15. The second-order valence-corrected chi connectivity index (χ2v) is 8.03. The monoisotopic (exact) mass is 428 g/mol. The number of amides is 2. The van der Waals surface area contributed by atoms with E-state index in [1.165, 1.54) is 30.3 Å². The number of imidazole rings is 1. The van der Waals surface area contributed by atoms with E-state index in [2.05, 4.69) is 34.7 Å². The van der Waals surface area contributed by atoms with Crippen LogP contribution in [0.1, 0.15) is 30.6 Å². The van der Waals surface area contributed by atoms with Gasteiger partial charge in [-0.05, 0) is 37.6 Å². The maximum absolute atomic E-state index is 12.7. The summed E-state index contributed by atoms with van der Waals surface area (Å²) >= 11 is 1.71. The molecule has 0 saturated heterocycles. The Morgan fingerprint density at radius 1 is 1.17 bits per heavy atom. The predicted molar refractivity (Wildman–Crippen MR) is 116 cm³/mol. The molecule has 0 unspecified atom stereocenters. The second kappa shape index (κ2) is 9.45. The van der Waals surface area contributed by atoms with Crippen LogP contribution in [-0.2, 0) is 13.5 Å². The summed E-state index contributed by atoms with van der Waals surface area (Å²) in [6.07, 6.45) is 3.88. The number of hydrogen-bond donors (Lipinski definition) is 2. The van der Waals surface area contributed by atoms with Crippen LogP contribution in [-0.4, -0.2) is 42.1 Å². The summed E-state index contributed by atoms with van der Waals surface area (Å²) < 4.78 is 12.4. The van der Waals surface area contributed by atoms with Crippen LogP contribution in [0.3, 0.4) is 0 Å². The van der Waals surface area contributed by atoms with Gasteiger partial charge in [0.1, 0.15) is 5.69 Å². The molecular weight excluding hydrogens is 404 g/mol. The molecule has 2 amide bonds. The summed E-state index contributed by atoms with van der Waals surface area (Å²) in [4.78, 5) is 31.7. The standard InChI is InChI=1S/C21H24N4O4S/c1-13-5-6-15(30-13)7-8-22-20(26)14-9-16(19(29-4)18(10-14)28-3)24-21(27)17-11-25(2)12-23-17/h5-6,9-12H,7-8H2,1-4H3,(H,22,26)(H,24,27). The van der Waals surface area contributed by atoms with Crippen LogP contribution in [0.2, 0.25) is 0 Å². The van der Waals surface area contributed by atoms with E-state index in [1.54, 1.807) is 41.3 Å². The van der Waals surface area contributed by atoms with Gasteiger partial charge in [0.05, 0.1) is 26.2 Å². The Balaban J connectivity index is 1.77. The van der Waals surface area contributed by atoms with Crippen molar-refractivity contribution >= 4 is 28.8 Å². The maximum Gasteiger partial charge on any atom is 0.275 e. The third-order valence-corrected chi connectivity index (χ3v) is 5.44. The van der Waals surface area contributed by atoms with E-state index in [-0.39, 0.29) is 11.6 Å². The van der Waals surface area contributed by atoms with Crippen molar-refractivity contribution in [3.05, 3.63) is 57.8 Å². The zero-order valence-electron chi connectivity index (χ0n) is 17.3. The fourth-order valence-electron chi connectivity index (χ4n) is 2.93. The number of thiophene rings is 1. The molecule has 3 aromatic rings. The Morgan fingerprint density at radius 2 is 1.97 bits per heavy atom. The highest BCUT2D eigenvalue weighted by atomic mass is 32.1. The molecule has 0 bridgehead atoms. The molecule has 0 aliphatic heterocycles. The third-order valence-electron chi connectivity index (χ3n) is 4.38. The van der Waals surface area contributed by atoms with E-state index in [9.17, 15) is 9.59 Å². The van der Waals surface area contributed by atoms with Gasteiger partial charge in [0, 0.05) is 35.1 Å². The van der Waals surface area contributed by atoms with Gasteiger partial charge in [-0.15, -0.1) is 11.3 Å². The van der Waals surface area contributed by atoms with Crippen LogP contribution in [0.5, 0.6) is 11.5 Å². The summed E-state index contributed by atoms with van der Waals surface area (Å²) in [6, 6.07) is 7.27. The fraction of sp³-hybridized carbons (Fsp3) is 0.286.